The maximum Gasteiger partial charge on any atom is 0.263 e. The van der Waals surface area contributed by atoms with E-state index in [0.29, 0.717) is 39.6 Å². The van der Waals surface area contributed by atoms with Crippen LogP contribution in [0.15, 0.2) is 52.1 Å². The van der Waals surface area contributed by atoms with Crippen LogP contribution in [0.1, 0.15) is 70.5 Å². The van der Waals surface area contributed by atoms with Crippen LogP contribution in [0.3, 0.4) is 0 Å². The van der Waals surface area contributed by atoms with E-state index >= 15 is 4.39 Å². The lowest BCUT2D eigenvalue weighted by Crippen LogP contribution is -2.62. The van der Waals surface area contributed by atoms with Crippen LogP contribution < -0.4 is 5.32 Å². The monoisotopic (exact) mass is 702 g/mol. The summed E-state index contributed by atoms with van der Waals surface area (Å²) >= 11 is 13.4. The molecule has 8 nitrogen and oxygen atoms in total. The van der Waals surface area contributed by atoms with Gasteiger partial charge in [-0.15, -0.1) is 0 Å². The number of piperazine rings is 1. The normalized spacial score (nSPS) is 29.6. The molecule has 1 spiro atoms. The third-order valence-electron chi connectivity index (χ3n) is 10.4. The largest absolute Gasteiger partial charge is 0.335 e. The molecule has 7 rings (SSSR count). The number of nitrogens with one attached hydrogen (secondary N) is 1. The number of thioether (sulfide) groups is 1. The summed E-state index contributed by atoms with van der Waals surface area (Å²) in [6, 6.07) is 6.79. The molecule has 2 amide bonds. The Kier molecular flexibility index (Phi) is 8.37. The number of aromatic nitrogens is 1. The van der Waals surface area contributed by atoms with Crippen molar-refractivity contribution in [3.05, 3.63) is 74.3 Å². The van der Waals surface area contributed by atoms with Crippen molar-refractivity contribution in [3.8, 4) is 0 Å². The Bertz CT molecular complexity index is 1680. The van der Waals surface area contributed by atoms with Crippen LogP contribution in [-0.2, 0) is 15.1 Å². The number of pyridine rings is 1. The molecule has 1 aromatic heterocycles. The highest BCUT2D eigenvalue weighted by molar-refractivity contribution is 8.18. The minimum Gasteiger partial charge on any atom is -0.335 e. The Labute approximate surface area is 287 Å². The molecule has 1 saturated carbocycles. The van der Waals surface area contributed by atoms with Gasteiger partial charge >= 0.3 is 0 Å². The molecule has 1 aromatic carbocycles. The van der Waals surface area contributed by atoms with Crippen molar-refractivity contribution >= 4 is 51.9 Å². The van der Waals surface area contributed by atoms with Gasteiger partial charge in [-0.05, 0) is 67.6 Å². The number of allylic oxidation sites excluding steroid dienone is 1. The third kappa shape index (κ3) is 5.55. The van der Waals surface area contributed by atoms with E-state index in [1.54, 1.807) is 18.3 Å². The first-order valence-electron chi connectivity index (χ1n) is 16.2. The van der Waals surface area contributed by atoms with Crippen molar-refractivity contribution < 1.29 is 18.4 Å². The van der Waals surface area contributed by atoms with Gasteiger partial charge < -0.3 is 20.0 Å². The van der Waals surface area contributed by atoms with Gasteiger partial charge in [0, 0.05) is 48.5 Å². The van der Waals surface area contributed by atoms with E-state index in [1.165, 1.54) is 28.8 Å². The van der Waals surface area contributed by atoms with Gasteiger partial charge in [0.25, 0.3) is 5.91 Å². The average Bonchev–Trinajstić information content (AvgIpc) is 3.36. The van der Waals surface area contributed by atoms with E-state index in [0.717, 1.165) is 24.8 Å². The van der Waals surface area contributed by atoms with Crippen LogP contribution in [0.4, 0.5) is 8.78 Å². The summed E-state index contributed by atoms with van der Waals surface area (Å²) < 4.78 is 30.2. The number of amidine groups is 1. The quantitative estimate of drug-likeness (QED) is 0.349. The number of aliphatic imine (C=N–C) groups is 1. The molecule has 2 saturated heterocycles. The molecule has 1 aliphatic carbocycles. The second kappa shape index (κ2) is 12.0. The van der Waals surface area contributed by atoms with Gasteiger partial charge in [-0.2, -0.15) is 0 Å². The van der Waals surface area contributed by atoms with E-state index in [2.05, 4.69) is 10.3 Å². The lowest BCUT2D eigenvalue weighted by Gasteiger charge is -2.42. The van der Waals surface area contributed by atoms with E-state index in [-0.39, 0.29) is 47.3 Å². The molecule has 13 heteroatoms. The van der Waals surface area contributed by atoms with Crippen molar-refractivity contribution in [1.82, 2.24) is 25.0 Å². The number of alkyl halides is 1. The fourth-order valence-corrected chi connectivity index (χ4v) is 9.21. The Hall–Kier alpha value is -2.73. The Morgan fingerprint density at radius 2 is 1.94 bits per heavy atom. The maximum atomic E-state index is 15.2. The zero-order valence-corrected chi connectivity index (χ0v) is 29.1. The van der Waals surface area contributed by atoms with E-state index in [4.69, 9.17) is 28.2 Å². The van der Waals surface area contributed by atoms with Gasteiger partial charge in [-0.25, -0.2) is 18.8 Å². The Morgan fingerprint density at radius 3 is 2.57 bits per heavy atom. The lowest BCUT2D eigenvalue weighted by atomic mass is 9.81. The predicted octanol–water partition coefficient (Wildman–Crippen LogP) is 6.45. The molecule has 3 fully saturated rings. The molecule has 2 aromatic rings. The minimum atomic E-state index is -1.30. The van der Waals surface area contributed by atoms with E-state index in [1.807, 2.05) is 43.6 Å². The summed E-state index contributed by atoms with van der Waals surface area (Å²) in [5.41, 5.74) is 1.10. The van der Waals surface area contributed by atoms with Gasteiger partial charge in [0.1, 0.15) is 33.6 Å². The number of carbonyl (C=O) groups is 2. The molecule has 1 N–H and O–H groups in total. The van der Waals surface area contributed by atoms with E-state index in [9.17, 15) is 14.0 Å². The molecular formula is C34H38Cl2F2N6O2S. The average molecular weight is 704 g/mol. The van der Waals surface area contributed by atoms with Crippen molar-refractivity contribution in [1.29, 1.82) is 0 Å². The fraction of sp³-hybridized carbons (Fsp3) is 0.529. The number of hydrogen-bond donors (Lipinski definition) is 1. The first kappa shape index (κ1) is 32.8. The number of likely N-dealkylation sites (tertiary alicyclic amines) is 1. The second-order valence-electron chi connectivity index (χ2n) is 13.8. The summed E-state index contributed by atoms with van der Waals surface area (Å²) in [6.07, 6.45) is 3.13. The van der Waals surface area contributed by atoms with Gasteiger partial charge in [-0.3, -0.25) is 9.59 Å². The van der Waals surface area contributed by atoms with Crippen LogP contribution in [0.5, 0.6) is 0 Å². The van der Waals surface area contributed by atoms with Gasteiger partial charge in [0.15, 0.2) is 5.17 Å². The summed E-state index contributed by atoms with van der Waals surface area (Å²) in [7, 11) is 0. The number of hydrogen-bond acceptors (Lipinski definition) is 7. The van der Waals surface area contributed by atoms with Crippen molar-refractivity contribution in [2.24, 2.45) is 10.9 Å². The molecule has 5 aliphatic rings. The van der Waals surface area contributed by atoms with Gasteiger partial charge in [-0.1, -0.05) is 56.1 Å². The summed E-state index contributed by atoms with van der Waals surface area (Å²) in [4.78, 5) is 43.9. The van der Waals surface area contributed by atoms with Gasteiger partial charge in [0.05, 0.1) is 17.6 Å². The molecule has 0 unspecified atom stereocenters. The standard InChI is InChI=1S/C34H38Cl2F2N6O2S/c1-5-22-15-40-34(10-11-34)17-43(22)30(45)25-13-21(37)16-42(25)31(46)28-27(18(2)3)44-29(19-6-8-23(35)24(38)12-19)33(4,41-32(44)47-28)20-7-9-26(36)39-14-20/h6-9,12,14,18,21-22,25,29,40H,5,10-11,13,15-17H2,1-4H3/t21-,22-,25+,29-,33+/m1/s1. The first-order valence-corrected chi connectivity index (χ1v) is 17.8. The Balaban J connectivity index is 1.26. The zero-order valence-electron chi connectivity index (χ0n) is 26.8. The summed E-state index contributed by atoms with van der Waals surface area (Å²) in [6.45, 7) is 9.10. The minimum absolute atomic E-state index is 0.00182. The number of carbonyl (C=O) groups excluding carboxylic acids is 2. The number of halogens is 4. The number of rotatable bonds is 6. The lowest BCUT2D eigenvalue weighted by molar-refractivity contribution is -0.145. The first-order chi connectivity index (χ1) is 22.4. The number of fused-ring (bicyclic) bond motifs is 1. The maximum absolute atomic E-state index is 15.2. The summed E-state index contributed by atoms with van der Waals surface area (Å²) in [5, 5.41) is 4.50. The highest BCUT2D eigenvalue weighted by atomic mass is 35.5. The highest BCUT2D eigenvalue weighted by Crippen LogP contribution is 2.56. The molecule has 0 radical (unpaired) electrons. The van der Waals surface area contributed by atoms with Crippen molar-refractivity contribution in [2.75, 3.05) is 19.6 Å². The molecular weight excluding hydrogens is 665 g/mol. The number of nitrogens with zero attached hydrogens (tertiary/aromatic N) is 5. The number of benzene rings is 1. The fourth-order valence-electron chi connectivity index (χ4n) is 7.62. The molecule has 5 heterocycles. The third-order valence-corrected chi connectivity index (χ3v) is 11.9. The smallest absolute Gasteiger partial charge is 0.263 e. The van der Waals surface area contributed by atoms with Crippen molar-refractivity contribution in [3.63, 3.8) is 0 Å². The van der Waals surface area contributed by atoms with Crippen LogP contribution in [0.25, 0.3) is 0 Å². The Morgan fingerprint density at radius 1 is 1.17 bits per heavy atom. The van der Waals surface area contributed by atoms with Crippen LogP contribution in [0.2, 0.25) is 10.2 Å². The summed E-state index contributed by atoms with van der Waals surface area (Å²) in [5.74, 6) is -1.28. The SMILES string of the molecule is CC[C@@H]1CNC2(CC2)CN1C(=O)[C@@H]1C[C@@H](F)CN1C(=O)C1=C(C(C)C)N2C(=N[C@@](C)(c3ccc(Cl)nc3)[C@H]2c2ccc(Cl)c(F)c2)S1. The molecule has 5 atom stereocenters. The number of amides is 2. The van der Waals surface area contributed by atoms with Crippen LogP contribution in [0, 0.1) is 11.7 Å². The molecule has 47 heavy (non-hydrogen) atoms. The predicted molar refractivity (Wildman–Crippen MR) is 180 cm³/mol. The molecule has 0 bridgehead atoms. The topological polar surface area (TPSA) is 81.1 Å². The second-order valence-corrected chi connectivity index (χ2v) is 15.6. The van der Waals surface area contributed by atoms with Gasteiger partial charge in [0.2, 0.25) is 5.91 Å². The molecule has 4 aliphatic heterocycles. The van der Waals surface area contributed by atoms with Crippen LogP contribution >= 0.6 is 35.0 Å². The van der Waals surface area contributed by atoms with Crippen molar-refractivity contribution in [2.45, 2.75) is 88.8 Å². The zero-order chi connectivity index (χ0) is 33.4. The van der Waals surface area contributed by atoms with Crippen LogP contribution in [-0.4, -0.2) is 80.1 Å². The molecule has 250 valence electrons. The van der Waals surface area contributed by atoms with E-state index < -0.39 is 29.6 Å². The highest BCUT2D eigenvalue weighted by Gasteiger charge is 2.56.